The van der Waals surface area contributed by atoms with Crippen LogP contribution in [-0.2, 0) is 9.53 Å². The fourth-order valence-electron chi connectivity index (χ4n) is 1.28. The molecule has 0 unspecified atom stereocenters. The molecule has 0 saturated carbocycles. The Kier molecular flexibility index (Phi) is 6.94. The normalized spacial score (nSPS) is 17.8. The zero-order chi connectivity index (χ0) is 8.81. The molecule has 1 saturated heterocycles. The van der Waals surface area contributed by atoms with Gasteiger partial charge in [-0.3, -0.25) is 9.69 Å². The van der Waals surface area contributed by atoms with Crippen molar-refractivity contribution in [3.63, 3.8) is 0 Å². The Hall–Kier alpha value is -0.320. The van der Waals surface area contributed by atoms with Gasteiger partial charge in [0.2, 0.25) is 0 Å². The van der Waals surface area contributed by atoms with Gasteiger partial charge in [-0.1, -0.05) is 0 Å². The third kappa shape index (κ3) is 5.85. The first-order valence-corrected chi connectivity index (χ1v) is 4.31. The van der Waals surface area contributed by atoms with Crippen LogP contribution in [0.15, 0.2) is 0 Å². The highest BCUT2D eigenvalue weighted by atomic mass is 35.5. The zero-order valence-electron chi connectivity index (χ0n) is 7.57. The van der Waals surface area contributed by atoms with Gasteiger partial charge in [0.15, 0.2) is 0 Å². The maximum atomic E-state index is 10.2. The van der Waals surface area contributed by atoms with E-state index in [9.17, 15) is 4.79 Å². The van der Waals surface area contributed by atoms with Gasteiger partial charge >= 0.3 is 5.97 Å². The van der Waals surface area contributed by atoms with E-state index < -0.39 is 5.97 Å². The highest BCUT2D eigenvalue weighted by molar-refractivity contribution is 5.85. The molecule has 0 bridgehead atoms. The predicted molar refractivity (Wildman–Crippen MR) is 51.4 cm³/mol. The molecule has 4 nitrogen and oxygen atoms in total. The molecule has 0 aromatic heterocycles. The maximum absolute atomic E-state index is 10.2. The molecule has 0 radical (unpaired) electrons. The number of carboxylic acid groups (broad SMARTS) is 1. The Morgan fingerprint density at radius 3 is 2.54 bits per heavy atom. The van der Waals surface area contributed by atoms with E-state index >= 15 is 0 Å². The van der Waals surface area contributed by atoms with Gasteiger partial charge < -0.3 is 9.84 Å². The molecular weight excluding hydrogens is 194 g/mol. The number of nitrogens with zero attached hydrogens (tertiary/aromatic N) is 1. The molecule has 78 valence electrons. The van der Waals surface area contributed by atoms with Crippen LogP contribution in [-0.4, -0.2) is 48.8 Å². The van der Waals surface area contributed by atoms with Gasteiger partial charge in [-0.25, -0.2) is 0 Å². The summed E-state index contributed by atoms with van der Waals surface area (Å²) in [4.78, 5) is 12.4. The highest BCUT2D eigenvalue weighted by Crippen LogP contribution is 1.99. The molecule has 1 aliphatic heterocycles. The Bertz CT molecular complexity index is 148. The highest BCUT2D eigenvalue weighted by Gasteiger charge is 2.09. The van der Waals surface area contributed by atoms with E-state index in [0.717, 1.165) is 39.3 Å². The van der Waals surface area contributed by atoms with Crippen LogP contribution >= 0.6 is 12.4 Å². The third-order valence-corrected chi connectivity index (χ3v) is 1.97. The number of carboxylic acids is 1. The molecule has 1 rings (SSSR count). The van der Waals surface area contributed by atoms with Crippen molar-refractivity contribution >= 4 is 18.4 Å². The summed E-state index contributed by atoms with van der Waals surface area (Å²) >= 11 is 0. The van der Waals surface area contributed by atoms with Gasteiger partial charge in [-0.05, 0) is 13.0 Å². The van der Waals surface area contributed by atoms with Crippen LogP contribution in [0.5, 0.6) is 0 Å². The molecular formula is C8H16ClNO3. The lowest BCUT2D eigenvalue weighted by molar-refractivity contribution is -0.137. The maximum Gasteiger partial charge on any atom is 0.303 e. The summed E-state index contributed by atoms with van der Waals surface area (Å²) in [6.45, 7) is 4.34. The van der Waals surface area contributed by atoms with Crippen LogP contribution in [0, 0.1) is 0 Å². The van der Waals surface area contributed by atoms with Crippen LogP contribution in [0.2, 0.25) is 0 Å². The lowest BCUT2D eigenvalue weighted by Crippen LogP contribution is -2.36. The SMILES string of the molecule is Cl.O=C(O)CCCN1CCOCC1. The first kappa shape index (κ1) is 12.7. The molecule has 1 aliphatic rings. The molecule has 0 spiro atoms. The van der Waals surface area contributed by atoms with Gasteiger partial charge in [-0.2, -0.15) is 0 Å². The molecule has 0 aromatic carbocycles. The second-order valence-electron chi connectivity index (χ2n) is 2.95. The molecule has 5 heteroatoms. The fourth-order valence-corrected chi connectivity index (χ4v) is 1.28. The Morgan fingerprint density at radius 2 is 2.00 bits per heavy atom. The quantitative estimate of drug-likeness (QED) is 0.737. The van der Waals surface area contributed by atoms with Gasteiger partial charge in [0.25, 0.3) is 0 Å². The van der Waals surface area contributed by atoms with Gasteiger partial charge in [0, 0.05) is 19.5 Å². The minimum Gasteiger partial charge on any atom is -0.481 e. The number of ether oxygens (including phenoxy) is 1. The second kappa shape index (κ2) is 7.12. The van der Waals surface area contributed by atoms with Crippen molar-refractivity contribution < 1.29 is 14.6 Å². The number of halogens is 1. The van der Waals surface area contributed by atoms with Crippen molar-refractivity contribution in [3.05, 3.63) is 0 Å². The first-order valence-electron chi connectivity index (χ1n) is 4.31. The molecule has 0 amide bonds. The monoisotopic (exact) mass is 209 g/mol. The summed E-state index contributed by atoms with van der Waals surface area (Å²) in [5.41, 5.74) is 0. The van der Waals surface area contributed by atoms with Gasteiger partial charge in [0.05, 0.1) is 13.2 Å². The van der Waals surface area contributed by atoms with Crippen molar-refractivity contribution in [1.29, 1.82) is 0 Å². The van der Waals surface area contributed by atoms with Crippen LogP contribution in [0.4, 0.5) is 0 Å². The lowest BCUT2D eigenvalue weighted by atomic mass is 10.3. The van der Waals surface area contributed by atoms with E-state index in [1.165, 1.54) is 0 Å². The summed E-state index contributed by atoms with van der Waals surface area (Å²) in [7, 11) is 0. The van der Waals surface area contributed by atoms with E-state index in [0.29, 0.717) is 0 Å². The molecule has 1 heterocycles. The average Bonchev–Trinajstić information content (AvgIpc) is 2.05. The van der Waals surface area contributed by atoms with Crippen LogP contribution in [0.25, 0.3) is 0 Å². The van der Waals surface area contributed by atoms with Gasteiger partial charge in [-0.15, -0.1) is 12.4 Å². The summed E-state index contributed by atoms with van der Waals surface area (Å²) < 4.78 is 5.17. The van der Waals surface area contributed by atoms with Crippen molar-refractivity contribution in [2.75, 3.05) is 32.8 Å². The third-order valence-electron chi connectivity index (χ3n) is 1.97. The number of morpholine rings is 1. The van der Waals surface area contributed by atoms with Crippen LogP contribution in [0.3, 0.4) is 0 Å². The van der Waals surface area contributed by atoms with E-state index in [2.05, 4.69) is 4.90 Å². The van der Waals surface area contributed by atoms with Crippen molar-refractivity contribution in [3.8, 4) is 0 Å². The summed E-state index contributed by atoms with van der Waals surface area (Å²) in [6, 6.07) is 0. The standard InChI is InChI=1S/C8H15NO3.ClH/c10-8(11)2-1-3-9-4-6-12-7-5-9;/h1-7H2,(H,10,11);1H. The van der Waals surface area contributed by atoms with E-state index in [1.54, 1.807) is 0 Å². The summed E-state index contributed by atoms with van der Waals surface area (Å²) in [5, 5.41) is 8.40. The Morgan fingerprint density at radius 1 is 1.38 bits per heavy atom. The minimum atomic E-state index is -0.705. The van der Waals surface area contributed by atoms with E-state index in [-0.39, 0.29) is 18.8 Å². The molecule has 0 atom stereocenters. The fraction of sp³-hybridized carbons (Fsp3) is 0.875. The lowest BCUT2D eigenvalue weighted by Gasteiger charge is -2.26. The number of aliphatic carboxylic acids is 1. The average molecular weight is 210 g/mol. The Balaban J connectivity index is 0.00000144. The first-order chi connectivity index (χ1) is 5.79. The summed E-state index contributed by atoms with van der Waals surface area (Å²) in [6.07, 6.45) is 1.02. The van der Waals surface area contributed by atoms with Crippen LogP contribution in [0.1, 0.15) is 12.8 Å². The number of carbonyl (C=O) groups is 1. The number of hydrogen-bond donors (Lipinski definition) is 1. The van der Waals surface area contributed by atoms with E-state index in [1.807, 2.05) is 0 Å². The molecule has 0 aliphatic carbocycles. The van der Waals surface area contributed by atoms with Crippen LogP contribution < -0.4 is 0 Å². The van der Waals surface area contributed by atoms with E-state index in [4.69, 9.17) is 9.84 Å². The second-order valence-corrected chi connectivity index (χ2v) is 2.95. The Labute approximate surface area is 84.3 Å². The van der Waals surface area contributed by atoms with Gasteiger partial charge in [0.1, 0.15) is 0 Å². The minimum absolute atomic E-state index is 0. The largest absolute Gasteiger partial charge is 0.481 e. The summed E-state index contributed by atoms with van der Waals surface area (Å²) in [5.74, 6) is -0.705. The van der Waals surface area contributed by atoms with Crippen molar-refractivity contribution in [1.82, 2.24) is 4.90 Å². The number of hydrogen-bond acceptors (Lipinski definition) is 3. The van der Waals surface area contributed by atoms with Crippen molar-refractivity contribution in [2.24, 2.45) is 0 Å². The zero-order valence-corrected chi connectivity index (χ0v) is 8.39. The molecule has 0 aromatic rings. The molecule has 1 fully saturated rings. The molecule has 1 N–H and O–H groups in total. The van der Waals surface area contributed by atoms with Crippen molar-refractivity contribution in [2.45, 2.75) is 12.8 Å². The smallest absolute Gasteiger partial charge is 0.303 e. The number of rotatable bonds is 4. The topological polar surface area (TPSA) is 49.8 Å². The molecule has 13 heavy (non-hydrogen) atoms. The predicted octanol–water partition coefficient (Wildman–Crippen LogP) is 0.605.